The molecule has 88 valence electrons. The second-order valence-corrected chi connectivity index (χ2v) is 4.16. The van der Waals surface area contributed by atoms with E-state index in [4.69, 9.17) is 4.42 Å². The zero-order valence-corrected chi connectivity index (χ0v) is 9.61. The van der Waals surface area contributed by atoms with Crippen LogP contribution in [0, 0.1) is 6.92 Å². The number of aromatic nitrogens is 2. The first-order valence-corrected chi connectivity index (χ1v) is 5.82. The number of likely N-dealkylation sites (tertiary alicyclic amines) is 1. The lowest BCUT2D eigenvalue weighted by atomic mass is 10.1. The van der Waals surface area contributed by atoms with Crippen LogP contribution in [0.2, 0.25) is 0 Å². The number of nitrogens with zero attached hydrogens (tertiary/aromatic N) is 3. The maximum Gasteiger partial charge on any atom is 0.223 e. The molecule has 0 radical (unpaired) electrons. The smallest absolute Gasteiger partial charge is 0.223 e. The van der Waals surface area contributed by atoms with Crippen molar-refractivity contribution < 1.29 is 9.21 Å². The molecule has 0 aromatic carbocycles. The van der Waals surface area contributed by atoms with E-state index in [0.717, 1.165) is 25.9 Å². The largest absolute Gasteiger partial charge is 0.426 e. The van der Waals surface area contributed by atoms with Gasteiger partial charge in [0.05, 0.1) is 0 Å². The van der Waals surface area contributed by atoms with Gasteiger partial charge in [0, 0.05) is 32.9 Å². The molecule has 1 aliphatic rings. The van der Waals surface area contributed by atoms with Crippen LogP contribution < -0.4 is 0 Å². The second kappa shape index (κ2) is 5.09. The Morgan fingerprint density at radius 2 is 2.06 bits per heavy atom. The van der Waals surface area contributed by atoms with E-state index >= 15 is 0 Å². The number of amides is 1. The van der Waals surface area contributed by atoms with Crippen LogP contribution in [0.3, 0.4) is 0 Å². The lowest BCUT2D eigenvalue weighted by molar-refractivity contribution is -0.132. The number of aryl methyl sites for hydroxylation is 2. The van der Waals surface area contributed by atoms with E-state index < -0.39 is 0 Å². The molecule has 1 aromatic heterocycles. The van der Waals surface area contributed by atoms with Crippen LogP contribution in [0.5, 0.6) is 0 Å². The third-order valence-electron chi connectivity index (χ3n) is 2.83. The Labute approximate surface area is 94.8 Å². The van der Waals surface area contributed by atoms with Gasteiger partial charge in [0.2, 0.25) is 17.7 Å². The second-order valence-electron chi connectivity index (χ2n) is 4.16. The summed E-state index contributed by atoms with van der Waals surface area (Å²) in [5.74, 6) is 1.32. The summed E-state index contributed by atoms with van der Waals surface area (Å²) in [5.41, 5.74) is 0. The zero-order chi connectivity index (χ0) is 11.4. The quantitative estimate of drug-likeness (QED) is 0.775. The molecule has 0 bridgehead atoms. The highest BCUT2D eigenvalue weighted by atomic mass is 16.4. The minimum absolute atomic E-state index is 0.204. The van der Waals surface area contributed by atoms with Crippen LogP contribution in [0.15, 0.2) is 4.42 Å². The van der Waals surface area contributed by atoms with Gasteiger partial charge in [-0.25, -0.2) is 0 Å². The first-order chi connectivity index (χ1) is 7.75. The van der Waals surface area contributed by atoms with Crippen molar-refractivity contribution in [2.24, 2.45) is 0 Å². The Kier molecular flexibility index (Phi) is 3.54. The van der Waals surface area contributed by atoms with Crippen molar-refractivity contribution >= 4 is 5.91 Å². The first-order valence-electron chi connectivity index (χ1n) is 5.82. The Hall–Kier alpha value is -1.39. The van der Waals surface area contributed by atoms with Crippen LogP contribution in [-0.4, -0.2) is 34.1 Å². The number of rotatable bonds is 3. The molecule has 1 saturated heterocycles. The standard InChI is InChI=1S/C11H17N3O2/c1-9-12-13-10(16-9)5-6-11(15)14-7-3-2-4-8-14/h2-8H2,1H3. The molecule has 5 heteroatoms. The lowest BCUT2D eigenvalue weighted by Gasteiger charge is -2.26. The van der Waals surface area contributed by atoms with E-state index in [1.165, 1.54) is 6.42 Å². The zero-order valence-electron chi connectivity index (χ0n) is 9.61. The number of hydrogen-bond donors (Lipinski definition) is 0. The lowest BCUT2D eigenvalue weighted by Crippen LogP contribution is -2.35. The van der Waals surface area contributed by atoms with Gasteiger partial charge >= 0.3 is 0 Å². The maximum atomic E-state index is 11.8. The normalized spacial score (nSPS) is 16.4. The van der Waals surface area contributed by atoms with Gasteiger partial charge < -0.3 is 9.32 Å². The molecule has 1 amide bonds. The topological polar surface area (TPSA) is 59.2 Å². The molecule has 0 aliphatic carbocycles. The van der Waals surface area contributed by atoms with Crippen molar-refractivity contribution in [3.8, 4) is 0 Å². The van der Waals surface area contributed by atoms with Gasteiger partial charge in [-0.2, -0.15) is 0 Å². The monoisotopic (exact) mass is 223 g/mol. The number of carbonyl (C=O) groups excluding carboxylic acids is 1. The summed E-state index contributed by atoms with van der Waals surface area (Å²) >= 11 is 0. The summed E-state index contributed by atoms with van der Waals surface area (Å²) in [6.45, 7) is 3.56. The summed E-state index contributed by atoms with van der Waals surface area (Å²) in [7, 11) is 0. The van der Waals surface area contributed by atoms with E-state index in [1.807, 2.05) is 4.90 Å². The van der Waals surface area contributed by atoms with Crippen LogP contribution in [-0.2, 0) is 11.2 Å². The molecular formula is C11H17N3O2. The Bertz CT molecular complexity index is 356. The highest BCUT2D eigenvalue weighted by Gasteiger charge is 2.16. The van der Waals surface area contributed by atoms with Crippen molar-refractivity contribution in [3.05, 3.63) is 11.8 Å². The molecular weight excluding hydrogens is 206 g/mol. The maximum absolute atomic E-state index is 11.8. The molecule has 0 saturated carbocycles. The minimum atomic E-state index is 0.204. The average Bonchev–Trinajstić information content (AvgIpc) is 2.73. The summed E-state index contributed by atoms with van der Waals surface area (Å²) in [6.07, 6.45) is 4.53. The van der Waals surface area contributed by atoms with Gasteiger partial charge in [-0.3, -0.25) is 4.79 Å². The van der Waals surface area contributed by atoms with Gasteiger partial charge in [0.1, 0.15) is 0 Å². The summed E-state index contributed by atoms with van der Waals surface area (Å²) in [6, 6.07) is 0. The number of piperidine rings is 1. The number of carbonyl (C=O) groups is 1. The van der Waals surface area contributed by atoms with Crippen molar-refractivity contribution in [3.63, 3.8) is 0 Å². The fraction of sp³-hybridized carbons (Fsp3) is 0.727. The van der Waals surface area contributed by atoms with E-state index in [9.17, 15) is 4.79 Å². The van der Waals surface area contributed by atoms with E-state index in [0.29, 0.717) is 24.6 Å². The van der Waals surface area contributed by atoms with Gasteiger partial charge in [0.25, 0.3) is 0 Å². The molecule has 1 fully saturated rings. The van der Waals surface area contributed by atoms with Crippen LogP contribution in [0.4, 0.5) is 0 Å². The molecule has 2 rings (SSSR count). The van der Waals surface area contributed by atoms with E-state index in [2.05, 4.69) is 10.2 Å². The summed E-state index contributed by atoms with van der Waals surface area (Å²) in [4.78, 5) is 13.8. The van der Waals surface area contributed by atoms with Crippen molar-refractivity contribution in [1.82, 2.24) is 15.1 Å². The Balaban J connectivity index is 1.78. The fourth-order valence-corrected chi connectivity index (χ4v) is 1.95. The molecule has 5 nitrogen and oxygen atoms in total. The fourth-order valence-electron chi connectivity index (χ4n) is 1.95. The van der Waals surface area contributed by atoms with Gasteiger partial charge in [-0.1, -0.05) is 0 Å². The minimum Gasteiger partial charge on any atom is -0.426 e. The molecule has 0 N–H and O–H groups in total. The van der Waals surface area contributed by atoms with Crippen molar-refractivity contribution in [2.45, 2.75) is 39.0 Å². The van der Waals surface area contributed by atoms with E-state index in [-0.39, 0.29) is 5.91 Å². The Morgan fingerprint density at radius 1 is 1.31 bits per heavy atom. The van der Waals surface area contributed by atoms with E-state index in [1.54, 1.807) is 6.92 Å². The molecule has 0 unspecified atom stereocenters. The number of hydrogen-bond acceptors (Lipinski definition) is 4. The molecule has 1 aromatic rings. The van der Waals surface area contributed by atoms with Crippen LogP contribution >= 0.6 is 0 Å². The average molecular weight is 223 g/mol. The molecule has 0 spiro atoms. The van der Waals surface area contributed by atoms with Crippen LogP contribution in [0.25, 0.3) is 0 Å². The predicted octanol–water partition coefficient (Wildman–Crippen LogP) is 1.32. The first kappa shape index (κ1) is 11.1. The van der Waals surface area contributed by atoms with Crippen molar-refractivity contribution in [1.29, 1.82) is 0 Å². The summed E-state index contributed by atoms with van der Waals surface area (Å²) in [5, 5.41) is 7.61. The third-order valence-corrected chi connectivity index (χ3v) is 2.83. The third kappa shape index (κ3) is 2.81. The summed E-state index contributed by atoms with van der Waals surface area (Å²) < 4.78 is 5.23. The highest BCUT2D eigenvalue weighted by molar-refractivity contribution is 5.76. The van der Waals surface area contributed by atoms with Gasteiger partial charge in [0.15, 0.2) is 0 Å². The molecule has 0 atom stereocenters. The predicted molar refractivity (Wildman–Crippen MR) is 57.8 cm³/mol. The van der Waals surface area contributed by atoms with Crippen LogP contribution in [0.1, 0.15) is 37.5 Å². The Morgan fingerprint density at radius 3 is 2.69 bits per heavy atom. The molecule has 16 heavy (non-hydrogen) atoms. The van der Waals surface area contributed by atoms with Gasteiger partial charge in [-0.15, -0.1) is 10.2 Å². The van der Waals surface area contributed by atoms with Crippen molar-refractivity contribution in [2.75, 3.05) is 13.1 Å². The highest BCUT2D eigenvalue weighted by Crippen LogP contribution is 2.11. The van der Waals surface area contributed by atoms with Gasteiger partial charge in [-0.05, 0) is 19.3 Å². The molecule has 1 aliphatic heterocycles. The SMILES string of the molecule is Cc1nnc(CCC(=O)N2CCCCC2)o1. The molecule has 2 heterocycles.